The minimum absolute atomic E-state index is 0.0636. The molecule has 1 fully saturated rings. The van der Waals surface area contributed by atoms with Gasteiger partial charge < -0.3 is 0 Å². The van der Waals surface area contributed by atoms with E-state index in [0.717, 1.165) is 11.4 Å². The van der Waals surface area contributed by atoms with Crippen LogP contribution < -0.4 is 0 Å². The minimum Gasteiger partial charge on any atom is -0.276 e. The minimum atomic E-state index is -0.437. The molecule has 0 amide bonds. The van der Waals surface area contributed by atoms with Crippen LogP contribution in [0.25, 0.3) is 0 Å². The van der Waals surface area contributed by atoms with E-state index in [1.54, 1.807) is 23.5 Å². The van der Waals surface area contributed by atoms with Gasteiger partial charge in [-0.1, -0.05) is 24.3 Å². The fraction of sp³-hybridized carbons (Fsp3) is 0.333. The van der Waals surface area contributed by atoms with E-state index >= 15 is 0 Å². The molecule has 2 aliphatic heterocycles. The van der Waals surface area contributed by atoms with Crippen molar-refractivity contribution < 1.29 is 0 Å². The monoisotopic (exact) mass is 261 g/mol. The van der Waals surface area contributed by atoms with Gasteiger partial charge in [0.15, 0.2) is 4.08 Å². The molecule has 2 heterocycles. The summed E-state index contributed by atoms with van der Waals surface area (Å²) in [6.45, 7) is 0. The van der Waals surface area contributed by atoms with Crippen molar-refractivity contribution in [3.05, 3.63) is 35.4 Å². The van der Waals surface area contributed by atoms with Crippen LogP contribution in [0.2, 0.25) is 0 Å². The van der Waals surface area contributed by atoms with E-state index in [2.05, 4.69) is 23.3 Å². The van der Waals surface area contributed by atoms with Crippen LogP contribution in [0.5, 0.6) is 0 Å². The number of hydrogen-bond donors (Lipinski definition) is 0. The summed E-state index contributed by atoms with van der Waals surface area (Å²) in [4.78, 5) is 0. The van der Waals surface area contributed by atoms with Gasteiger partial charge in [-0.3, -0.25) is 5.01 Å². The molecule has 1 saturated heterocycles. The van der Waals surface area contributed by atoms with Crippen molar-refractivity contribution in [2.75, 3.05) is 12.1 Å². The quantitative estimate of drug-likeness (QED) is 0.779. The lowest BCUT2D eigenvalue weighted by Crippen LogP contribution is -2.33. The molecule has 0 saturated carbocycles. The summed E-state index contributed by atoms with van der Waals surface area (Å²) < 4.78 is -0.437. The van der Waals surface area contributed by atoms with Gasteiger partial charge in [-0.25, -0.2) is 0 Å². The Bertz CT molecular complexity index is 523. The van der Waals surface area contributed by atoms with Crippen LogP contribution in [0.1, 0.15) is 17.2 Å². The molecule has 1 aromatic carbocycles. The Morgan fingerprint density at radius 3 is 3.18 bits per heavy atom. The second-order valence-electron chi connectivity index (χ2n) is 3.97. The maximum atomic E-state index is 9.51. The van der Waals surface area contributed by atoms with E-state index in [1.807, 2.05) is 29.6 Å². The third kappa shape index (κ3) is 1.48. The summed E-state index contributed by atoms with van der Waals surface area (Å²) in [5, 5.41) is 16.0. The molecule has 86 valence electrons. The van der Waals surface area contributed by atoms with Crippen LogP contribution in [-0.4, -0.2) is 27.4 Å². The second kappa shape index (κ2) is 3.97. The van der Waals surface area contributed by atoms with E-state index in [4.69, 9.17) is 0 Å². The number of thioether (sulfide) groups is 2. The SMILES string of the molecule is CS[C@@]1(C#N)SCN2N=Cc3ccccc3[C@H]21. The summed E-state index contributed by atoms with van der Waals surface area (Å²) in [7, 11) is 0. The van der Waals surface area contributed by atoms with Crippen molar-refractivity contribution >= 4 is 29.7 Å². The number of nitrogens with zero attached hydrogens (tertiary/aromatic N) is 3. The number of hydrogen-bond acceptors (Lipinski definition) is 5. The Hall–Kier alpha value is -1.12. The lowest BCUT2D eigenvalue weighted by molar-refractivity contribution is 0.261. The first-order valence-electron chi connectivity index (χ1n) is 5.30. The molecule has 1 aromatic rings. The van der Waals surface area contributed by atoms with Crippen molar-refractivity contribution in [2.24, 2.45) is 5.10 Å². The topological polar surface area (TPSA) is 39.4 Å². The van der Waals surface area contributed by atoms with Gasteiger partial charge in [-0.15, -0.1) is 23.5 Å². The summed E-state index contributed by atoms with van der Waals surface area (Å²) in [6.07, 6.45) is 3.89. The molecule has 0 unspecified atom stereocenters. The lowest BCUT2D eigenvalue weighted by atomic mass is 9.97. The highest BCUT2D eigenvalue weighted by Crippen LogP contribution is 2.55. The van der Waals surface area contributed by atoms with Crippen molar-refractivity contribution in [2.45, 2.75) is 10.1 Å². The zero-order valence-electron chi connectivity index (χ0n) is 9.33. The van der Waals surface area contributed by atoms with Crippen LogP contribution in [0.3, 0.4) is 0 Å². The molecule has 3 rings (SSSR count). The first-order chi connectivity index (χ1) is 8.30. The van der Waals surface area contributed by atoms with Gasteiger partial charge in [-0.2, -0.15) is 10.4 Å². The number of hydrazone groups is 1. The lowest BCUT2D eigenvalue weighted by Gasteiger charge is -2.32. The maximum Gasteiger partial charge on any atom is 0.175 e. The summed E-state index contributed by atoms with van der Waals surface area (Å²) in [5.74, 6) is 0.782. The Labute approximate surface area is 109 Å². The van der Waals surface area contributed by atoms with Gasteiger partial charge in [0.05, 0.1) is 18.2 Å². The highest BCUT2D eigenvalue weighted by Gasteiger charge is 2.51. The highest BCUT2D eigenvalue weighted by molar-refractivity contribution is 8.18. The fourth-order valence-corrected chi connectivity index (χ4v) is 4.50. The molecular weight excluding hydrogens is 250 g/mol. The number of nitriles is 1. The van der Waals surface area contributed by atoms with Crippen LogP contribution in [-0.2, 0) is 0 Å². The van der Waals surface area contributed by atoms with E-state index < -0.39 is 4.08 Å². The van der Waals surface area contributed by atoms with Crippen molar-refractivity contribution in [3.8, 4) is 6.07 Å². The molecule has 0 aromatic heterocycles. The Balaban J connectivity index is 2.15. The third-order valence-corrected chi connectivity index (χ3v) is 6.08. The zero-order chi connectivity index (χ0) is 11.9. The predicted octanol–water partition coefficient (Wildman–Crippen LogP) is 2.66. The summed E-state index contributed by atoms with van der Waals surface area (Å²) >= 11 is 3.29. The van der Waals surface area contributed by atoms with E-state index in [9.17, 15) is 5.26 Å². The predicted molar refractivity (Wildman–Crippen MR) is 72.9 cm³/mol. The normalized spacial score (nSPS) is 29.6. The molecule has 0 N–H and O–H groups in total. The molecule has 2 aliphatic rings. The molecular formula is C12H11N3S2. The Morgan fingerprint density at radius 2 is 2.41 bits per heavy atom. The first-order valence-corrected chi connectivity index (χ1v) is 7.52. The van der Waals surface area contributed by atoms with Crippen LogP contribution in [0.4, 0.5) is 0 Å². The number of benzene rings is 1. The van der Waals surface area contributed by atoms with Crippen LogP contribution in [0, 0.1) is 11.3 Å². The van der Waals surface area contributed by atoms with Crippen LogP contribution >= 0.6 is 23.5 Å². The molecule has 5 heteroatoms. The average molecular weight is 261 g/mol. The fourth-order valence-electron chi connectivity index (χ4n) is 2.30. The number of fused-ring (bicyclic) bond motifs is 3. The van der Waals surface area contributed by atoms with Gasteiger partial charge in [0.1, 0.15) is 6.04 Å². The van der Waals surface area contributed by atoms with Gasteiger partial charge in [-0.05, 0) is 17.4 Å². The zero-order valence-corrected chi connectivity index (χ0v) is 11.0. The molecule has 0 spiro atoms. The third-order valence-electron chi connectivity index (χ3n) is 3.16. The smallest absolute Gasteiger partial charge is 0.175 e. The Kier molecular flexibility index (Phi) is 2.57. The van der Waals surface area contributed by atoms with E-state index in [-0.39, 0.29) is 6.04 Å². The molecule has 0 aliphatic carbocycles. The van der Waals surface area contributed by atoms with Gasteiger partial charge >= 0.3 is 0 Å². The van der Waals surface area contributed by atoms with Crippen molar-refractivity contribution in [3.63, 3.8) is 0 Å². The standard InChI is InChI=1S/C12H11N3S2/c1-16-12(7-13)11-10-5-3-2-4-9(10)6-14-15(11)8-17-12/h2-6,11H,8H2,1H3/t11-,12-/m0/s1. The molecule has 2 atom stereocenters. The van der Waals surface area contributed by atoms with E-state index in [1.165, 1.54) is 5.56 Å². The van der Waals surface area contributed by atoms with E-state index in [0.29, 0.717) is 0 Å². The van der Waals surface area contributed by atoms with Crippen molar-refractivity contribution in [1.29, 1.82) is 5.26 Å². The molecule has 3 nitrogen and oxygen atoms in total. The van der Waals surface area contributed by atoms with Crippen molar-refractivity contribution in [1.82, 2.24) is 5.01 Å². The molecule has 17 heavy (non-hydrogen) atoms. The molecule has 0 bridgehead atoms. The largest absolute Gasteiger partial charge is 0.276 e. The first kappa shape index (κ1) is 11.0. The molecule has 0 radical (unpaired) electrons. The van der Waals surface area contributed by atoms with Gasteiger partial charge in [0, 0.05) is 0 Å². The average Bonchev–Trinajstić information content (AvgIpc) is 2.78. The Morgan fingerprint density at radius 1 is 1.59 bits per heavy atom. The number of rotatable bonds is 1. The summed E-state index contributed by atoms with van der Waals surface area (Å²) in [6, 6.07) is 10.7. The highest BCUT2D eigenvalue weighted by atomic mass is 32.2. The maximum absolute atomic E-state index is 9.51. The van der Waals surface area contributed by atoms with Gasteiger partial charge in [0.25, 0.3) is 0 Å². The summed E-state index contributed by atoms with van der Waals surface area (Å²) in [5.41, 5.74) is 2.34. The van der Waals surface area contributed by atoms with Gasteiger partial charge in [0.2, 0.25) is 0 Å². The van der Waals surface area contributed by atoms with Crippen LogP contribution in [0.15, 0.2) is 29.4 Å². The second-order valence-corrected chi connectivity index (χ2v) is 6.47.